The van der Waals surface area contributed by atoms with Gasteiger partial charge in [-0.25, -0.2) is 0 Å². The number of benzene rings is 2. The second-order valence-corrected chi connectivity index (χ2v) is 5.54. The number of halogens is 2. The largest absolute Gasteiger partial charge is 0.298 e. The molecule has 0 saturated carbocycles. The molecule has 0 spiro atoms. The van der Waals surface area contributed by atoms with E-state index in [9.17, 15) is 4.79 Å². The Hall–Kier alpha value is -0.960. The zero-order valence-corrected chi connectivity index (χ0v) is 11.7. The molecule has 2 aromatic carbocycles. The molecule has 0 aliphatic rings. The fourth-order valence-corrected chi connectivity index (χ4v) is 2.98. The standard InChI is InChI=1S/C14H10Cl2OS/c15-12-5-6-14(11(7-12)8-17)18-9-10-3-1-2-4-13(10)16/h1-8H,9H2. The molecule has 0 fully saturated rings. The van der Waals surface area contributed by atoms with E-state index in [-0.39, 0.29) is 0 Å². The fraction of sp³-hybridized carbons (Fsp3) is 0.0714. The summed E-state index contributed by atoms with van der Waals surface area (Å²) in [6.07, 6.45) is 0.820. The Morgan fingerprint density at radius 3 is 2.61 bits per heavy atom. The Labute approximate surface area is 120 Å². The van der Waals surface area contributed by atoms with Gasteiger partial charge in [-0.15, -0.1) is 11.8 Å². The first-order valence-corrected chi connectivity index (χ1v) is 7.06. The summed E-state index contributed by atoms with van der Waals surface area (Å²) in [5, 5.41) is 1.31. The number of rotatable bonds is 4. The molecule has 0 unspecified atom stereocenters. The van der Waals surface area contributed by atoms with Crippen LogP contribution in [0.2, 0.25) is 10.0 Å². The van der Waals surface area contributed by atoms with E-state index in [2.05, 4.69) is 0 Å². The highest BCUT2D eigenvalue weighted by Gasteiger charge is 2.05. The quantitative estimate of drug-likeness (QED) is 0.577. The van der Waals surface area contributed by atoms with Crippen molar-refractivity contribution in [2.75, 3.05) is 0 Å². The minimum atomic E-state index is 0.569. The monoisotopic (exact) mass is 296 g/mol. The highest BCUT2D eigenvalue weighted by molar-refractivity contribution is 7.98. The number of hydrogen-bond donors (Lipinski definition) is 0. The Kier molecular flexibility index (Phi) is 4.70. The van der Waals surface area contributed by atoms with Gasteiger partial charge in [0.15, 0.2) is 6.29 Å². The number of thioether (sulfide) groups is 1. The molecule has 1 nitrogen and oxygen atoms in total. The zero-order valence-electron chi connectivity index (χ0n) is 9.40. The summed E-state index contributed by atoms with van der Waals surface area (Å²) in [7, 11) is 0. The van der Waals surface area contributed by atoms with Gasteiger partial charge in [-0.05, 0) is 29.8 Å². The second-order valence-electron chi connectivity index (χ2n) is 3.68. The van der Waals surface area contributed by atoms with Crippen LogP contribution in [0.25, 0.3) is 0 Å². The summed E-state index contributed by atoms with van der Waals surface area (Å²) < 4.78 is 0. The summed E-state index contributed by atoms with van der Waals surface area (Å²) in [6.45, 7) is 0. The van der Waals surface area contributed by atoms with Crippen molar-refractivity contribution >= 4 is 41.2 Å². The van der Waals surface area contributed by atoms with Crippen LogP contribution in [0.1, 0.15) is 15.9 Å². The molecule has 2 rings (SSSR count). The predicted octanol–water partition coefficient (Wildman–Crippen LogP) is 5.10. The summed E-state index contributed by atoms with van der Waals surface area (Å²) >= 11 is 13.5. The molecule has 2 aromatic rings. The SMILES string of the molecule is O=Cc1cc(Cl)ccc1SCc1ccccc1Cl. The fourth-order valence-electron chi connectivity index (χ4n) is 1.51. The highest BCUT2D eigenvalue weighted by atomic mass is 35.5. The lowest BCUT2D eigenvalue weighted by molar-refractivity contribution is 0.112. The Morgan fingerprint density at radius 1 is 1.11 bits per heavy atom. The van der Waals surface area contributed by atoms with Gasteiger partial charge in [0.05, 0.1) is 0 Å². The van der Waals surface area contributed by atoms with Crippen molar-refractivity contribution in [3.63, 3.8) is 0 Å². The van der Waals surface area contributed by atoms with E-state index >= 15 is 0 Å². The van der Waals surface area contributed by atoms with Crippen molar-refractivity contribution in [2.24, 2.45) is 0 Å². The third kappa shape index (κ3) is 3.29. The first-order valence-electron chi connectivity index (χ1n) is 5.31. The first-order chi connectivity index (χ1) is 8.70. The van der Waals surface area contributed by atoms with Gasteiger partial charge in [0.1, 0.15) is 0 Å². The van der Waals surface area contributed by atoms with Gasteiger partial charge in [-0.2, -0.15) is 0 Å². The molecule has 0 atom stereocenters. The average Bonchev–Trinajstić information content (AvgIpc) is 2.39. The van der Waals surface area contributed by atoms with Crippen molar-refractivity contribution in [3.05, 3.63) is 63.6 Å². The van der Waals surface area contributed by atoms with Crippen molar-refractivity contribution in [1.29, 1.82) is 0 Å². The van der Waals surface area contributed by atoms with E-state index < -0.39 is 0 Å². The van der Waals surface area contributed by atoms with Crippen LogP contribution in [0, 0.1) is 0 Å². The molecular formula is C14H10Cl2OS. The lowest BCUT2D eigenvalue weighted by Crippen LogP contribution is -1.87. The lowest BCUT2D eigenvalue weighted by Gasteiger charge is -2.06. The van der Waals surface area contributed by atoms with Gasteiger partial charge < -0.3 is 0 Å². The topological polar surface area (TPSA) is 17.1 Å². The number of hydrogen-bond acceptors (Lipinski definition) is 2. The molecule has 0 aliphatic heterocycles. The molecule has 0 aromatic heterocycles. The maximum Gasteiger partial charge on any atom is 0.151 e. The molecule has 0 N–H and O–H groups in total. The lowest BCUT2D eigenvalue weighted by atomic mass is 10.2. The van der Waals surface area contributed by atoms with Crippen LogP contribution in [0.5, 0.6) is 0 Å². The maximum absolute atomic E-state index is 11.0. The highest BCUT2D eigenvalue weighted by Crippen LogP contribution is 2.29. The van der Waals surface area contributed by atoms with Crippen molar-refractivity contribution in [3.8, 4) is 0 Å². The normalized spacial score (nSPS) is 10.3. The van der Waals surface area contributed by atoms with Crippen LogP contribution in [-0.2, 0) is 5.75 Å². The Balaban J connectivity index is 2.16. The van der Waals surface area contributed by atoms with Gasteiger partial charge in [0, 0.05) is 26.3 Å². The Bertz CT molecular complexity index is 569. The number of carbonyl (C=O) groups excluding carboxylic acids is 1. The van der Waals surface area contributed by atoms with Crippen LogP contribution in [-0.4, -0.2) is 6.29 Å². The molecule has 0 aliphatic carbocycles. The van der Waals surface area contributed by atoms with Crippen LogP contribution in [0.4, 0.5) is 0 Å². The van der Waals surface area contributed by atoms with Crippen molar-refractivity contribution in [1.82, 2.24) is 0 Å². The molecule has 0 saturated heterocycles. The van der Waals surface area contributed by atoms with E-state index in [1.165, 1.54) is 0 Å². The van der Waals surface area contributed by atoms with E-state index in [4.69, 9.17) is 23.2 Å². The van der Waals surface area contributed by atoms with Gasteiger partial charge in [-0.1, -0.05) is 41.4 Å². The smallest absolute Gasteiger partial charge is 0.151 e. The second kappa shape index (κ2) is 6.28. The molecular weight excluding hydrogens is 287 g/mol. The molecule has 0 heterocycles. The number of carbonyl (C=O) groups is 1. The summed E-state index contributed by atoms with van der Waals surface area (Å²) in [5.41, 5.74) is 1.66. The van der Waals surface area contributed by atoms with E-state index in [0.29, 0.717) is 10.6 Å². The van der Waals surface area contributed by atoms with Gasteiger partial charge in [0.25, 0.3) is 0 Å². The molecule has 0 bridgehead atoms. The van der Waals surface area contributed by atoms with E-state index in [1.807, 2.05) is 30.3 Å². The first kappa shape index (κ1) is 13.5. The predicted molar refractivity (Wildman–Crippen MR) is 77.9 cm³/mol. The molecule has 18 heavy (non-hydrogen) atoms. The molecule has 4 heteroatoms. The molecule has 0 radical (unpaired) electrons. The Morgan fingerprint density at radius 2 is 1.89 bits per heavy atom. The minimum Gasteiger partial charge on any atom is -0.298 e. The van der Waals surface area contributed by atoms with E-state index in [1.54, 1.807) is 23.9 Å². The minimum absolute atomic E-state index is 0.569. The van der Waals surface area contributed by atoms with Crippen LogP contribution in [0.3, 0.4) is 0 Å². The van der Waals surface area contributed by atoms with Crippen LogP contribution < -0.4 is 0 Å². The van der Waals surface area contributed by atoms with Gasteiger partial charge in [0.2, 0.25) is 0 Å². The summed E-state index contributed by atoms with van der Waals surface area (Å²) in [6, 6.07) is 13.0. The van der Waals surface area contributed by atoms with Gasteiger partial charge in [-0.3, -0.25) is 4.79 Å². The van der Waals surface area contributed by atoms with Crippen LogP contribution >= 0.6 is 35.0 Å². The molecule has 0 amide bonds. The third-order valence-corrected chi connectivity index (χ3v) is 4.18. The summed E-state index contributed by atoms with van der Waals surface area (Å²) in [5.74, 6) is 0.724. The number of aldehydes is 1. The van der Waals surface area contributed by atoms with Crippen LogP contribution in [0.15, 0.2) is 47.4 Å². The van der Waals surface area contributed by atoms with Crippen molar-refractivity contribution in [2.45, 2.75) is 10.6 Å². The van der Waals surface area contributed by atoms with Crippen molar-refractivity contribution < 1.29 is 4.79 Å². The van der Waals surface area contributed by atoms with E-state index in [0.717, 1.165) is 27.5 Å². The maximum atomic E-state index is 11.0. The van der Waals surface area contributed by atoms with Gasteiger partial charge >= 0.3 is 0 Å². The molecule has 92 valence electrons. The zero-order chi connectivity index (χ0) is 13.0. The average molecular weight is 297 g/mol. The third-order valence-electron chi connectivity index (χ3n) is 2.44. The summed E-state index contributed by atoms with van der Waals surface area (Å²) in [4.78, 5) is 11.9.